The second-order valence-electron chi connectivity index (χ2n) is 4.57. The molecule has 0 fully saturated rings. The number of rotatable bonds is 9. The summed E-state index contributed by atoms with van der Waals surface area (Å²) in [6.45, 7) is 7.20. The maximum absolute atomic E-state index is 4.98. The van der Waals surface area contributed by atoms with Crippen molar-refractivity contribution in [1.29, 1.82) is 0 Å². The van der Waals surface area contributed by atoms with E-state index in [4.69, 9.17) is 4.74 Å². The Balaban J connectivity index is 2.07. The molecule has 102 valence electrons. The molecule has 0 aliphatic carbocycles. The predicted molar refractivity (Wildman–Crippen MR) is 80.6 cm³/mol. The lowest BCUT2D eigenvalue weighted by atomic mass is 10.2. The van der Waals surface area contributed by atoms with E-state index in [2.05, 4.69) is 37.4 Å². The highest BCUT2D eigenvalue weighted by molar-refractivity contribution is 7.99. The van der Waals surface area contributed by atoms with Gasteiger partial charge >= 0.3 is 0 Å². The summed E-state index contributed by atoms with van der Waals surface area (Å²) in [5.41, 5.74) is 2.75. The van der Waals surface area contributed by atoms with E-state index in [9.17, 15) is 0 Å². The van der Waals surface area contributed by atoms with Gasteiger partial charge in [-0.3, -0.25) is 0 Å². The van der Waals surface area contributed by atoms with E-state index in [0.29, 0.717) is 0 Å². The van der Waals surface area contributed by atoms with Crippen LogP contribution >= 0.6 is 11.8 Å². The average molecular weight is 267 g/mol. The molecule has 0 heterocycles. The minimum atomic E-state index is 0.803. The number of benzene rings is 1. The molecule has 0 bridgehead atoms. The highest BCUT2D eigenvalue weighted by Crippen LogP contribution is 2.23. The Morgan fingerprint density at radius 3 is 2.72 bits per heavy atom. The molecular formula is C15H25NOS. The summed E-state index contributed by atoms with van der Waals surface area (Å²) in [5, 5.41) is 3.37. The zero-order valence-corrected chi connectivity index (χ0v) is 12.6. The molecule has 18 heavy (non-hydrogen) atoms. The first-order valence-electron chi connectivity index (χ1n) is 6.63. The van der Waals surface area contributed by atoms with Crippen LogP contribution in [0.25, 0.3) is 0 Å². The second kappa shape index (κ2) is 9.42. The maximum atomic E-state index is 4.98. The number of hydrogen-bond donors (Lipinski definition) is 1. The first-order valence-corrected chi connectivity index (χ1v) is 7.62. The molecule has 0 aromatic heterocycles. The van der Waals surface area contributed by atoms with Gasteiger partial charge in [-0.05, 0) is 50.6 Å². The molecule has 0 amide bonds. The summed E-state index contributed by atoms with van der Waals surface area (Å²) in [6.07, 6.45) is 2.50. The van der Waals surface area contributed by atoms with Crippen LogP contribution in [-0.4, -0.2) is 32.6 Å². The normalized spacial score (nSPS) is 10.8. The standard InChI is InChI=1S/C15H25NOS/c1-13-6-7-15(14(2)12-13)18-11-5-4-8-16-9-10-17-3/h6-7,12,16H,4-5,8-11H2,1-3H3. The molecule has 1 aromatic carbocycles. The van der Waals surface area contributed by atoms with Crippen molar-refractivity contribution in [3.05, 3.63) is 29.3 Å². The lowest BCUT2D eigenvalue weighted by molar-refractivity contribution is 0.199. The van der Waals surface area contributed by atoms with Crippen molar-refractivity contribution in [3.63, 3.8) is 0 Å². The monoisotopic (exact) mass is 267 g/mol. The van der Waals surface area contributed by atoms with Gasteiger partial charge in [0, 0.05) is 18.6 Å². The first kappa shape index (κ1) is 15.5. The fourth-order valence-corrected chi connectivity index (χ4v) is 2.81. The molecular weight excluding hydrogens is 242 g/mol. The van der Waals surface area contributed by atoms with Crippen LogP contribution < -0.4 is 5.32 Å². The molecule has 0 aliphatic rings. The molecule has 0 spiro atoms. The van der Waals surface area contributed by atoms with Gasteiger partial charge in [0.2, 0.25) is 0 Å². The van der Waals surface area contributed by atoms with Crippen LogP contribution in [0.2, 0.25) is 0 Å². The summed E-state index contributed by atoms with van der Waals surface area (Å²) >= 11 is 1.97. The number of thioether (sulfide) groups is 1. The molecule has 2 nitrogen and oxygen atoms in total. The lowest BCUT2D eigenvalue weighted by Gasteiger charge is -2.07. The van der Waals surface area contributed by atoms with E-state index >= 15 is 0 Å². The number of aryl methyl sites for hydroxylation is 2. The molecule has 1 aromatic rings. The largest absolute Gasteiger partial charge is 0.383 e. The van der Waals surface area contributed by atoms with Crippen molar-refractivity contribution in [1.82, 2.24) is 5.32 Å². The van der Waals surface area contributed by atoms with Gasteiger partial charge in [0.1, 0.15) is 0 Å². The van der Waals surface area contributed by atoms with Gasteiger partial charge in [0.15, 0.2) is 0 Å². The Bertz CT molecular complexity index is 341. The third kappa shape index (κ3) is 6.43. The van der Waals surface area contributed by atoms with Crippen molar-refractivity contribution < 1.29 is 4.74 Å². The molecule has 1 rings (SSSR count). The van der Waals surface area contributed by atoms with E-state index < -0.39 is 0 Å². The first-order chi connectivity index (χ1) is 8.74. The van der Waals surface area contributed by atoms with Crippen molar-refractivity contribution >= 4 is 11.8 Å². The minimum Gasteiger partial charge on any atom is -0.383 e. The molecule has 0 radical (unpaired) electrons. The predicted octanol–water partition coefficient (Wildman–Crippen LogP) is 3.41. The van der Waals surface area contributed by atoms with E-state index in [1.54, 1.807) is 7.11 Å². The minimum absolute atomic E-state index is 0.803. The van der Waals surface area contributed by atoms with E-state index in [-0.39, 0.29) is 0 Å². The molecule has 0 saturated heterocycles. The number of unbranched alkanes of at least 4 members (excludes halogenated alkanes) is 1. The smallest absolute Gasteiger partial charge is 0.0587 e. The topological polar surface area (TPSA) is 21.3 Å². The SMILES string of the molecule is COCCNCCCCSc1ccc(C)cc1C. The van der Waals surface area contributed by atoms with Crippen LogP contribution in [0, 0.1) is 13.8 Å². The number of hydrogen-bond acceptors (Lipinski definition) is 3. The second-order valence-corrected chi connectivity index (χ2v) is 5.70. The summed E-state index contributed by atoms with van der Waals surface area (Å²) in [4.78, 5) is 1.42. The Morgan fingerprint density at radius 2 is 2.00 bits per heavy atom. The Labute approximate surface area is 116 Å². The van der Waals surface area contributed by atoms with Gasteiger partial charge < -0.3 is 10.1 Å². The molecule has 0 atom stereocenters. The van der Waals surface area contributed by atoms with Crippen molar-refractivity contribution in [2.75, 3.05) is 32.6 Å². The van der Waals surface area contributed by atoms with Gasteiger partial charge in [0.25, 0.3) is 0 Å². The zero-order valence-electron chi connectivity index (χ0n) is 11.8. The van der Waals surface area contributed by atoms with Crippen molar-refractivity contribution in [2.45, 2.75) is 31.6 Å². The van der Waals surface area contributed by atoms with Crippen molar-refractivity contribution in [3.8, 4) is 0 Å². The summed E-state index contributed by atoms with van der Waals surface area (Å²) in [7, 11) is 1.74. The van der Waals surface area contributed by atoms with Crippen LogP contribution in [0.15, 0.2) is 23.1 Å². The third-order valence-electron chi connectivity index (χ3n) is 2.82. The lowest BCUT2D eigenvalue weighted by Crippen LogP contribution is -2.20. The van der Waals surface area contributed by atoms with Crippen LogP contribution in [0.3, 0.4) is 0 Å². The summed E-state index contributed by atoms with van der Waals surface area (Å²) in [5.74, 6) is 1.20. The van der Waals surface area contributed by atoms with Crippen LogP contribution in [0.5, 0.6) is 0 Å². The molecule has 0 saturated carbocycles. The van der Waals surface area contributed by atoms with Gasteiger partial charge in [-0.2, -0.15) is 0 Å². The molecule has 0 aliphatic heterocycles. The average Bonchev–Trinajstić information content (AvgIpc) is 2.35. The Kier molecular flexibility index (Phi) is 8.14. The number of methoxy groups -OCH3 is 1. The fourth-order valence-electron chi connectivity index (χ4n) is 1.79. The molecule has 3 heteroatoms. The maximum Gasteiger partial charge on any atom is 0.0587 e. The summed E-state index contributed by atoms with van der Waals surface area (Å²) < 4.78 is 4.98. The summed E-state index contributed by atoms with van der Waals surface area (Å²) in [6, 6.07) is 6.70. The van der Waals surface area contributed by atoms with E-state index in [0.717, 1.165) is 19.7 Å². The van der Waals surface area contributed by atoms with Crippen LogP contribution in [0.4, 0.5) is 0 Å². The van der Waals surface area contributed by atoms with Gasteiger partial charge in [-0.15, -0.1) is 11.8 Å². The zero-order chi connectivity index (χ0) is 13.2. The Morgan fingerprint density at radius 1 is 1.17 bits per heavy atom. The van der Waals surface area contributed by atoms with Gasteiger partial charge in [0.05, 0.1) is 6.61 Å². The molecule has 0 unspecified atom stereocenters. The third-order valence-corrected chi connectivity index (χ3v) is 4.08. The highest BCUT2D eigenvalue weighted by Gasteiger charge is 1.99. The Hall–Kier alpha value is -0.510. The van der Waals surface area contributed by atoms with Gasteiger partial charge in [-0.1, -0.05) is 17.7 Å². The highest BCUT2D eigenvalue weighted by atomic mass is 32.2. The van der Waals surface area contributed by atoms with E-state index in [1.807, 2.05) is 11.8 Å². The number of ether oxygens (including phenoxy) is 1. The van der Waals surface area contributed by atoms with E-state index in [1.165, 1.54) is 34.6 Å². The molecule has 1 N–H and O–H groups in total. The van der Waals surface area contributed by atoms with Gasteiger partial charge in [-0.25, -0.2) is 0 Å². The van der Waals surface area contributed by atoms with Crippen LogP contribution in [-0.2, 0) is 4.74 Å². The van der Waals surface area contributed by atoms with Crippen LogP contribution in [0.1, 0.15) is 24.0 Å². The number of nitrogens with one attached hydrogen (secondary N) is 1. The quantitative estimate of drug-likeness (QED) is 0.547. The fraction of sp³-hybridized carbons (Fsp3) is 0.600. The van der Waals surface area contributed by atoms with Crippen molar-refractivity contribution in [2.24, 2.45) is 0 Å².